The zero-order valence-corrected chi connectivity index (χ0v) is 19.6. The highest BCUT2D eigenvalue weighted by molar-refractivity contribution is 5.97. The van der Waals surface area contributed by atoms with Crippen molar-refractivity contribution in [1.82, 2.24) is 14.5 Å². The summed E-state index contributed by atoms with van der Waals surface area (Å²) in [5.41, 5.74) is 3.67. The minimum atomic E-state index is -0.252. The topological polar surface area (TPSA) is 50.6 Å². The van der Waals surface area contributed by atoms with Crippen molar-refractivity contribution in [3.8, 4) is 11.5 Å². The van der Waals surface area contributed by atoms with Crippen LogP contribution in [-0.2, 0) is 17.9 Å². The molecule has 0 radical (unpaired) electrons. The van der Waals surface area contributed by atoms with Crippen LogP contribution >= 0.6 is 0 Å². The maximum absolute atomic E-state index is 13.6. The van der Waals surface area contributed by atoms with Crippen LogP contribution in [0.25, 0.3) is 0 Å². The van der Waals surface area contributed by atoms with Crippen LogP contribution in [0.15, 0.2) is 85.3 Å². The molecule has 0 unspecified atom stereocenters. The van der Waals surface area contributed by atoms with Gasteiger partial charge in [0, 0.05) is 32.4 Å². The first-order valence-electron chi connectivity index (χ1n) is 11.7. The second-order valence-electron chi connectivity index (χ2n) is 8.73. The molecular weight excluding hydrogens is 443 g/mol. The van der Waals surface area contributed by atoms with Crippen LogP contribution in [0.4, 0.5) is 10.1 Å². The lowest BCUT2D eigenvalue weighted by Gasteiger charge is -2.35. The van der Waals surface area contributed by atoms with Gasteiger partial charge in [0.15, 0.2) is 5.75 Å². The third kappa shape index (κ3) is 5.25. The number of ether oxygens (including phenoxy) is 1. The van der Waals surface area contributed by atoms with Gasteiger partial charge in [0.05, 0.1) is 24.3 Å². The van der Waals surface area contributed by atoms with Crippen LogP contribution in [0.5, 0.6) is 11.5 Å². The Morgan fingerprint density at radius 2 is 1.74 bits per heavy atom. The first kappa shape index (κ1) is 22.8. The first-order valence-corrected chi connectivity index (χ1v) is 11.7. The van der Waals surface area contributed by atoms with Crippen molar-refractivity contribution in [2.45, 2.75) is 20.0 Å². The number of carbonyl (C=O) groups is 1. The number of aryl methyl sites for hydroxylation is 1. The molecule has 1 aromatic heterocycles. The van der Waals surface area contributed by atoms with Crippen molar-refractivity contribution in [3.63, 3.8) is 0 Å². The Hall–Kier alpha value is -3.97. The van der Waals surface area contributed by atoms with Gasteiger partial charge in [-0.2, -0.15) is 0 Å². The minimum absolute atomic E-state index is 0.0216. The number of hydrogen-bond acceptors (Lipinski definition) is 4. The number of benzene rings is 3. The highest BCUT2D eigenvalue weighted by atomic mass is 19.1. The third-order valence-corrected chi connectivity index (χ3v) is 6.20. The molecule has 0 N–H and O–H groups in total. The maximum atomic E-state index is 13.6. The largest absolute Gasteiger partial charge is 0.455 e. The van der Waals surface area contributed by atoms with Gasteiger partial charge in [0.25, 0.3) is 0 Å². The number of carbonyl (C=O) groups excluding carboxylic acids is 1. The minimum Gasteiger partial charge on any atom is -0.455 e. The number of nitrogens with zero attached hydrogens (tertiary/aromatic N) is 4. The quantitative estimate of drug-likeness (QED) is 0.381. The zero-order valence-electron chi connectivity index (χ0n) is 19.6. The van der Waals surface area contributed by atoms with E-state index >= 15 is 0 Å². The average Bonchev–Trinajstić information content (AvgIpc) is 3.27. The van der Waals surface area contributed by atoms with Gasteiger partial charge < -0.3 is 14.2 Å². The van der Waals surface area contributed by atoms with E-state index in [1.165, 1.54) is 12.1 Å². The molecule has 3 aromatic carbocycles. The molecule has 0 spiro atoms. The van der Waals surface area contributed by atoms with Gasteiger partial charge in [-0.15, -0.1) is 0 Å². The second-order valence-corrected chi connectivity index (χ2v) is 8.73. The normalized spacial score (nSPS) is 14.3. The highest BCUT2D eigenvalue weighted by Crippen LogP contribution is 2.34. The molecular formula is C28H27FN4O2. The molecule has 0 atom stereocenters. The number of aromatic nitrogens is 2. The van der Waals surface area contributed by atoms with E-state index in [1.54, 1.807) is 17.3 Å². The standard InChI is InChI=1S/C28H27FN4O2/c1-21-7-2-4-11-26(21)35-27-12-5-3-10-25(27)33-14-13-31(19-28(33)34)18-24-16-30-20-32(24)17-22-8-6-9-23(29)15-22/h2-12,15-16,20H,13-14,17-19H2,1H3. The molecule has 7 heteroatoms. The Balaban J connectivity index is 1.26. The van der Waals surface area contributed by atoms with Crippen molar-refractivity contribution in [3.05, 3.63) is 108 Å². The average molecular weight is 471 g/mol. The fourth-order valence-corrected chi connectivity index (χ4v) is 4.35. The lowest BCUT2D eigenvalue weighted by Crippen LogP contribution is -2.50. The monoisotopic (exact) mass is 470 g/mol. The van der Waals surface area contributed by atoms with E-state index in [9.17, 15) is 9.18 Å². The summed E-state index contributed by atoms with van der Waals surface area (Å²) in [5, 5.41) is 0. The van der Waals surface area contributed by atoms with E-state index in [0.29, 0.717) is 31.9 Å². The zero-order chi connectivity index (χ0) is 24.2. The van der Waals surface area contributed by atoms with Crippen LogP contribution in [0, 0.1) is 12.7 Å². The molecule has 1 aliphatic rings. The summed E-state index contributed by atoms with van der Waals surface area (Å²) in [5.74, 6) is 1.21. The lowest BCUT2D eigenvalue weighted by molar-refractivity contribution is -0.121. The molecule has 0 saturated carbocycles. The summed E-state index contributed by atoms with van der Waals surface area (Å²) in [4.78, 5) is 21.4. The van der Waals surface area contributed by atoms with Crippen molar-refractivity contribution < 1.29 is 13.9 Å². The Kier molecular flexibility index (Phi) is 6.59. The molecule has 6 nitrogen and oxygen atoms in total. The van der Waals surface area contributed by atoms with Gasteiger partial charge >= 0.3 is 0 Å². The molecule has 4 aromatic rings. The fourth-order valence-electron chi connectivity index (χ4n) is 4.35. The number of hydrogen-bond donors (Lipinski definition) is 0. The predicted molar refractivity (Wildman–Crippen MR) is 133 cm³/mol. The smallest absolute Gasteiger partial charge is 0.241 e. The highest BCUT2D eigenvalue weighted by Gasteiger charge is 2.27. The van der Waals surface area contributed by atoms with Crippen LogP contribution < -0.4 is 9.64 Å². The Morgan fingerprint density at radius 1 is 0.943 bits per heavy atom. The van der Waals surface area contributed by atoms with Crippen LogP contribution in [0.2, 0.25) is 0 Å². The van der Waals surface area contributed by atoms with Gasteiger partial charge in [0.2, 0.25) is 5.91 Å². The molecule has 1 saturated heterocycles. The van der Waals surface area contributed by atoms with Crippen molar-refractivity contribution in [2.24, 2.45) is 0 Å². The molecule has 2 heterocycles. The number of halogens is 1. The summed E-state index contributed by atoms with van der Waals surface area (Å²) in [6.45, 7) is 4.70. The second kappa shape index (κ2) is 10.1. The number of anilines is 1. The van der Waals surface area contributed by atoms with Crippen molar-refractivity contribution >= 4 is 11.6 Å². The maximum Gasteiger partial charge on any atom is 0.241 e. The molecule has 35 heavy (non-hydrogen) atoms. The summed E-state index contributed by atoms with van der Waals surface area (Å²) in [6.07, 6.45) is 3.55. The van der Waals surface area contributed by atoms with Crippen LogP contribution in [-0.4, -0.2) is 40.0 Å². The van der Waals surface area contributed by atoms with E-state index in [-0.39, 0.29) is 11.7 Å². The van der Waals surface area contributed by atoms with Crippen molar-refractivity contribution in [2.75, 3.05) is 24.5 Å². The summed E-state index contributed by atoms with van der Waals surface area (Å²) in [6, 6.07) is 22.1. The lowest BCUT2D eigenvalue weighted by atomic mass is 10.2. The van der Waals surface area contributed by atoms with Gasteiger partial charge in [-0.05, 0) is 48.4 Å². The summed E-state index contributed by atoms with van der Waals surface area (Å²) in [7, 11) is 0. The predicted octanol–water partition coefficient (Wildman–Crippen LogP) is 5.02. The fraction of sp³-hybridized carbons (Fsp3) is 0.214. The SMILES string of the molecule is Cc1ccccc1Oc1ccccc1N1CCN(Cc2cncn2Cc2cccc(F)c2)CC1=O. The Morgan fingerprint density at radius 3 is 2.54 bits per heavy atom. The first-order chi connectivity index (χ1) is 17.1. The summed E-state index contributed by atoms with van der Waals surface area (Å²) >= 11 is 0. The van der Waals surface area contributed by atoms with Gasteiger partial charge in [0.1, 0.15) is 11.6 Å². The molecule has 178 valence electrons. The molecule has 5 rings (SSSR count). The van der Waals surface area contributed by atoms with E-state index in [0.717, 1.165) is 34.8 Å². The van der Waals surface area contributed by atoms with Crippen LogP contribution in [0.1, 0.15) is 16.8 Å². The number of rotatable bonds is 7. The molecule has 1 amide bonds. The van der Waals surface area contributed by atoms with E-state index < -0.39 is 0 Å². The Bertz CT molecular complexity index is 1340. The summed E-state index contributed by atoms with van der Waals surface area (Å²) < 4.78 is 21.8. The van der Waals surface area contributed by atoms with Gasteiger partial charge in [-0.1, -0.05) is 42.5 Å². The molecule has 1 fully saturated rings. The Labute approximate surface area is 204 Å². The van der Waals surface area contributed by atoms with Gasteiger partial charge in [-0.25, -0.2) is 9.37 Å². The third-order valence-electron chi connectivity index (χ3n) is 6.20. The number of amides is 1. The molecule has 1 aliphatic heterocycles. The van der Waals surface area contributed by atoms with E-state index in [2.05, 4.69) is 9.88 Å². The van der Waals surface area contributed by atoms with Crippen LogP contribution in [0.3, 0.4) is 0 Å². The number of piperazine rings is 1. The number of imidazole rings is 1. The van der Waals surface area contributed by atoms with E-state index in [1.807, 2.05) is 72.3 Å². The molecule has 0 bridgehead atoms. The number of para-hydroxylation sites is 3. The van der Waals surface area contributed by atoms with E-state index in [4.69, 9.17) is 4.74 Å². The van der Waals surface area contributed by atoms with Crippen molar-refractivity contribution in [1.29, 1.82) is 0 Å². The molecule has 0 aliphatic carbocycles. The van der Waals surface area contributed by atoms with Gasteiger partial charge in [-0.3, -0.25) is 9.69 Å².